The summed E-state index contributed by atoms with van der Waals surface area (Å²) in [4.78, 5) is 62.7. The van der Waals surface area contributed by atoms with Crippen molar-refractivity contribution in [3.8, 4) is 0 Å². The van der Waals surface area contributed by atoms with Crippen molar-refractivity contribution in [1.29, 1.82) is 0 Å². The number of aliphatic hydroxyl groups excluding tert-OH is 1. The summed E-state index contributed by atoms with van der Waals surface area (Å²) in [5.74, 6) is -0.911. The number of carbonyl (C=O) groups excluding carboxylic acids is 4. The predicted octanol–water partition coefficient (Wildman–Crippen LogP) is 5.86. The Bertz CT molecular complexity index is 1950. The molecule has 1 aliphatic heterocycles. The van der Waals surface area contributed by atoms with Crippen LogP contribution in [0.2, 0.25) is 0 Å². The predicted molar refractivity (Wildman–Crippen MR) is 221 cm³/mol. The number of aromatic nitrogens is 1. The number of fused-ring (bicyclic) bond motifs is 1. The number of nitrogens with one attached hydrogen (secondary N) is 3. The van der Waals surface area contributed by atoms with Crippen LogP contribution in [0.15, 0.2) is 97.2 Å². The number of aliphatic hydroxyl groups is 1. The van der Waals surface area contributed by atoms with Gasteiger partial charge in [-0.15, -0.1) is 0 Å². The molecule has 4 N–H and O–H groups in total. The number of ether oxygens (including phenoxy) is 1. The van der Waals surface area contributed by atoms with Gasteiger partial charge in [0.15, 0.2) is 0 Å². The number of carbonyl (C=O) groups is 4. The highest BCUT2D eigenvalue weighted by molar-refractivity contribution is 5.89. The molecule has 0 saturated carbocycles. The third kappa shape index (κ3) is 11.3. The third-order valence-electron chi connectivity index (χ3n) is 10.9. The molecule has 6 unspecified atom stereocenters. The van der Waals surface area contributed by atoms with E-state index in [1.807, 2.05) is 126 Å². The average Bonchev–Trinajstić information content (AvgIpc) is 3.55. The van der Waals surface area contributed by atoms with Gasteiger partial charge in [0, 0.05) is 37.3 Å². The van der Waals surface area contributed by atoms with Gasteiger partial charge in [-0.1, -0.05) is 120 Å². The summed E-state index contributed by atoms with van der Waals surface area (Å²) in [7, 11) is 1.24. The van der Waals surface area contributed by atoms with Gasteiger partial charge in [-0.3, -0.25) is 14.6 Å². The minimum Gasteiger partial charge on any atom is -0.453 e. The van der Waals surface area contributed by atoms with Crippen molar-refractivity contribution in [1.82, 2.24) is 30.7 Å². The maximum Gasteiger partial charge on any atom is 0.407 e. The van der Waals surface area contributed by atoms with Crippen molar-refractivity contribution < 1.29 is 29.0 Å². The molecule has 0 bridgehead atoms. The lowest BCUT2D eigenvalue weighted by atomic mass is 9.85. The zero-order chi connectivity index (χ0) is 41.1. The normalized spacial score (nSPS) is 16.3. The molecule has 1 saturated heterocycles. The first-order chi connectivity index (χ1) is 27.3. The molecular formula is C45H58N6O6. The largest absolute Gasteiger partial charge is 0.453 e. The third-order valence-corrected chi connectivity index (χ3v) is 10.9. The fraction of sp³-hybridized carbons (Fsp3) is 0.444. The van der Waals surface area contributed by atoms with Gasteiger partial charge in [0.25, 0.3) is 0 Å². The van der Waals surface area contributed by atoms with Crippen molar-refractivity contribution in [2.24, 2.45) is 11.3 Å². The highest BCUT2D eigenvalue weighted by Gasteiger charge is 2.41. The molecule has 5 rings (SSSR count). The molecule has 1 fully saturated rings. The Morgan fingerprint density at radius 1 is 0.842 bits per heavy atom. The number of hydrogen-bond donors (Lipinski definition) is 4. The average molecular weight is 779 g/mol. The van der Waals surface area contributed by atoms with Crippen LogP contribution in [0.25, 0.3) is 10.9 Å². The van der Waals surface area contributed by atoms with Gasteiger partial charge in [0.1, 0.15) is 12.1 Å². The quantitative estimate of drug-likeness (QED) is 0.105. The number of pyridine rings is 1. The summed E-state index contributed by atoms with van der Waals surface area (Å²) >= 11 is 0. The van der Waals surface area contributed by atoms with E-state index in [0.717, 1.165) is 27.6 Å². The number of nitrogens with zero attached hydrogens (tertiary/aromatic N) is 3. The van der Waals surface area contributed by atoms with Gasteiger partial charge in [-0.05, 0) is 59.4 Å². The molecule has 2 heterocycles. The zero-order valence-corrected chi connectivity index (χ0v) is 34.0. The van der Waals surface area contributed by atoms with Crippen LogP contribution in [-0.4, -0.2) is 94.3 Å². The molecule has 4 aromatic rings. The highest BCUT2D eigenvalue weighted by Crippen LogP contribution is 2.26. The van der Waals surface area contributed by atoms with Crippen molar-refractivity contribution in [2.45, 2.75) is 97.1 Å². The molecule has 12 heteroatoms. The van der Waals surface area contributed by atoms with E-state index in [0.29, 0.717) is 38.9 Å². The Labute approximate surface area is 336 Å². The number of methoxy groups -OCH3 is 1. The molecule has 12 nitrogen and oxygen atoms in total. The van der Waals surface area contributed by atoms with Gasteiger partial charge in [0.2, 0.25) is 11.8 Å². The summed E-state index contributed by atoms with van der Waals surface area (Å²) in [5, 5.41) is 21.9. The summed E-state index contributed by atoms with van der Waals surface area (Å²) in [6.45, 7) is 10.8. The van der Waals surface area contributed by atoms with Crippen molar-refractivity contribution in [3.63, 3.8) is 0 Å². The number of rotatable bonds is 17. The van der Waals surface area contributed by atoms with Crippen LogP contribution < -0.4 is 16.0 Å². The van der Waals surface area contributed by atoms with E-state index in [9.17, 15) is 24.3 Å². The number of para-hydroxylation sites is 1. The van der Waals surface area contributed by atoms with E-state index in [1.54, 1.807) is 16.0 Å². The smallest absolute Gasteiger partial charge is 0.407 e. The second-order valence-electron chi connectivity index (χ2n) is 16.2. The monoisotopic (exact) mass is 778 g/mol. The number of urea groups is 1. The lowest BCUT2D eigenvalue weighted by Crippen LogP contribution is -2.58. The standard InChI is InChI=1S/C45H58N6O6/c1-7-30(2)39(51-25-24-50(44(51)56)29-33-22-23-46-36-21-15-14-20-35(33)36)41(53)47-34(26-31-16-10-8-11-17-31)28-38(52)37(27-32-18-12-9-13-19-32)48-42(54)40(45(3,4)5)49-43(55)57-6/h8-23,30,34,37-40,52H,7,24-29H2,1-6H3,(H,47,53)(H,48,54)(H,49,55). The van der Waals surface area contributed by atoms with Gasteiger partial charge >= 0.3 is 12.1 Å². The van der Waals surface area contributed by atoms with Crippen LogP contribution in [0.4, 0.5) is 9.59 Å². The van der Waals surface area contributed by atoms with Crippen molar-refractivity contribution in [3.05, 3.63) is 114 Å². The Hall–Kier alpha value is -5.49. The number of alkyl carbamates (subject to hydrolysis) is 1. The molecule has 5 amide bonds. The maximum atomic E-state index is 14.5. The number of benzene rings is 3. The Kier molecular flexibility index (Phi) is 14.7. The summed E-state index contributed by atoms with van der Waals surface area (Å²) in [5.41, 5.74) is 3.03. The van der Waals surface area contributed by atoms with Crippen LogP contribution in [-0.2, 0) is 33.7 Å². The Morgan fingerprint density at radius 3 is 2.11 bits per heavy atom. The molecule has 304 valence electrons. The molecule has 6 atom stereocenters. The first kappa shape index (κ1) is 42.6. The van der Waals surface area contributed by atoms with E-state index in [4.69, 9.17) is 4.74 Å². The minimum absolute atomic E-state index is 0.103. The summed E-state index contributed by atoms with van der Waals surface area (Å²) in [6.07, 6.45) is 1.39. The second-order valence-corrected chi connectivity index (χ2v) is 16.2. The molecule has 0 spiro atoms. The molecule has 0 radical (unpaired) electrons. The Balaban J connectivity index is 1.38. The fourth-order valence-corrected chi connectivity index (χ4v) is 7.54. The first-order valence-electron chi connectivity index (χ1n) is 19.9. The molecule has 57 heavy (non-hydrogen) atoms. The van der Waals surface area contributed by atoms with Crippen LogP contribution in [0.1, 0.15) is 64.2 Å². The van der Waals surface area contributed by atoms with E-state index in [1.165, 1.54) is 7.11 Å². The van der Waals surface area contributed by atoms with Crippen molar-refractivity contribution in [2.75, 3.05) is 20.2 Å². The minimum atomic E-state index is -1.11. The Morgan fingerprint density at radius 2 is 1.47 bits per heavy atom. The van der Waals surface area contributed by atoms with Crippen molar-refractivity contribution >= 4 is 34.8 Å². The van der Waals surface area contributed by atoms with Crippen LogP contribution >= 0.6 is 0 Å². The van der Waals surface area contributed by atoms with E-state index in [2.05, 4.69) is 20.9 Å². The molecule has 3 aromatic carbocycles. The highest BCUT2D eigenvalue weighted by atomic mass is 16.5. The maximum absolute atomic E-state index is 14.5. The van der Waals surface area contributed by atoms with E-state index < -0.39 is 47.7 Å². The van der Waals surface area contributed by atoms with Gasteiger partial charge < -0.3 is 35.6 Å². The topological polar surface area (TPSA) is 153 Å². The van der Waals surface area contributed by atoms with Gasteiger partial charge in [-0.2, -0.15) is 0 Å². The SMILES string of the molecule is CCC(C)C(C(=O)NC(Cc1ccccc1)CC(O)C(Cc1ccccc1)NC(=O)C(NC(=O)OC)C(C)(C)C)N1CCN(Cc2ccnc3ccccc23)C1=O. The van der Waals surface area contributed by atoms with Crippen LogP contribution in [0.5, 0.6) is 0 Å². The number of amides is 5. The molecule has 1 aromatic heterocycles. The molecule has 1 aliphatic rings. The fourth-order valence-electron chi connectivity index (χ4n) is 7.54. The van der Waals surface area contributed by atoms with E-state index >= 15 is 0 Å². The van der Waals surface area contributed by atoms with E-state index in [-0.39, 0.29) is 24.3 Å². The second kappa shape index (κ2) is 19.6. The molecular weight excluding hydrogens is 721 g/mol. The zero-order valence-electron chi connectivity index (χ0n) is 34.0. The lowest BCUT2D eigenvalue weighted by Gasteiger charge is -2.35. The first-order valence-corrected chi connectivity index (χ1v) is 19.9. The molecule has 0 aliphatic carbocycles. The summed E-state index contributed by atoms with van der Waals surface area (Å²) in [6, 6.07) is 25.8. The van der Waals surface area contributed by atoms with Gasteiger partial charge in [-0.25, -0.2) is 9.59 Å². The van der Waals surface area contributed by atoms with Crippen LogP contribution in [0.3, 0.4) is 0 Å². The lowest BCUT2D eigenvalue weighted by molar-refractivity contribution is -0.129. The van der Waals surface area contributed by atoms with Crippen LogP contribution in [0, 0.1) is 11.3 Å². The van der Waals surface area contributed by atoms with Gasteiger partial charge in [0.05, 0.1) is 24.8 Å². The summed E-state index contributed by atoms with van der Waals surface area (Å²) < 4.78 is 4.81. The number of hydrogen-bond acceptors (Lipinski definition) is 7.